The molecule has 2 aromatic carbocycles. The summed E-state index contributed by atoms with van der Waals surface area (Å²) in [6, 6.07) is 12.0. The van der Waals surface area contributed by atoms with E-state index in [1.165, 1.54) is 18.9 Å². The number of anilines is 3. The summed E-state index contributed by atoms with van der Waals surface area (Å²) in [6.45, 7) is 1.40. The van der Waals surface area contributed by atoms with Gasteiger partial charge < -0.3 is 14.9 Å². The SMILES string of the molecule is O=S(=O)(CCO)Nc1ccc(C=C(F)c2cc(N3CCC(F)(F)CC3)c3ncccc3c2)c(N2CCC3(CC2)CC3)c1. The first-order chi connectivity index (χ1) is 20.1. The summed E-state index contributed by atoms with van der Waals surface area (Å²) >= 11 is 0. The number of hydrogen-bond donors (Lipinski definition) is 2. The number of fused-ring (bicyclic) bond motifs is 1. The number of pyridine rings is 1. The van der Waals surface area contributed by atoms with Crippen LogP contribution in [0.5, 0.6) is 0 Å². The second-order valence-corrected chi connectivity index (χ2v) is 13.7. The lowest BCUT2D eigenvalue weighted by atomic mass is 9.93. The Morgan fingerprint density at radius 1 is 0.952 bits per heavy atom. The fourth-order valence-electron chi connectivity index (χ4n) is 6.10. The van der Waals surface area contributed by atoms with E-state index in [2.05, 4.69) is 14.6 Å². The van der Waals surface area contributed by atoms with Crippen LogP contribution in [0.25, 0.3) is 22.8 Å². The van der Waals surface area contributed by atoms with E-state index in [0.29, 0.717) is 38.8 Å². The molecule has 224 valence electrons. The molecule has 1 saturated carbocycles. The predicted octanol–water partition coefficient (Wildman–Crippen LogP) is 6.05. The zero-order chi connectivity index (χ0) is 29.5. The number of sulfonamides is 1. The highest BCUT2D eigenvalue weighted by molar-refractivity contribution is 7.92. The van der Waals surface area contributed by atoms with Gasteiger partial charge in [0.1, 0.15) is 5.83 Å². The summed E-state index contributed by atoms with van der Waals surface area (Å²) in [5, 5.41) is 9.83. The van der Waals surface area contributed by atoms with Gasteiger partial charge in [-0.15, -0.1) is 0 Å². The van der Waals surface area contributed by atoms with Gasteiger partial charge in [0, 0.05) is 67.4 Å². The quantitative estimate of drug-likeness (QED) is 0.306. The Labute approximate surface area is 244 Å². The van der Waals surface area contributed by atoms with Crippen molar-refractivity contribution in [1.82, 2.24) is 4.98 Å². The van der Waals surface area contributed by atoms with Gasteiger partial charge in [-0.2, -0.15) is 0 Å². The molecule has 6 rings (SSSR count). The van der Waals surface area contributed by atoms with Crippen LogP contribution >= 0.6 is 0 Å². The van der Waals surface area contributed by atoms with Crippen molar-refractivity contribution in [1.29, 1.82) is 0 Å². The second kappa shape index (κ2) is 11.1. The van der Waals surface area contributed by atoms with Gasteiger partial charge in [-0.3, -0.25) is 9.71 Å². The van der Waals surface area contributed by atoms with Crippen molar-refractivity contribution in [3.63, 3.8) is 0 Å². The normalized spacial score (nSPS) is 20.2. The number of aromatic nitrogens is 1. The van der Waals surface area contributed by atoms with E-state index in [0.717, 1.165) is 31.6 Å². The molecule has 3 heterocycles. The molecule has 0 amide bonds. The number of halogens is 3. The molecule has 0 radical (unpaired) electrons. The van der Waals surface area contributed by atoms with E-state index in [1.54, 1.807) is 42.6 Å². The van der Waals surface area contributed by atoms with E-state index >= 15 is 4.39 Å². The van der Waals surface area contributed by atoms with Crippen LogP contribution in [0.4, 0.5) is 30.2 Å². The lowest BCUT2D eigenvalue weighted by Gasteiger charge is -2.35. The minimum absolute atomic E-state index is 0.154. The van der Waals surface area contributed by atoms with Gasteiger partial charge in [0.25, 0.3) is 5.92 Å². The van der Waals surface area contributed by atoms with Crippen LogP contribution < -0.4 is 14.5 Å². The van der Waals surface area contributed by atoms with Crippen LogP contribution in [0.15, 0.2) is 48.7 Å². The van der Waals surface area contributed by atoms with Crippen LogP contribution in [-0.4, -0.2) is 63.0 Å². The molecule has 1 aromatic heterocycles. The third kappa shape index (κ3) is 6.22. The lowest BCUT2D eigenvalue weighted by Crippen LogP contribution is -2.39. The van der Waals surface area contributed by atoms with Crippen molar-refractivity contribution < 1.29 is 26.7 Å². The topological polar surface area (TPSA) is 85.8 Å². The number of nitrogens with zero attached hydrogens (tertiary/aromatic N) is 3. The maximum Gasteiger partial charge on any atom is 0.251 e. The summed E-state index contributed by atoms with van der Waals surface area (Å²) in [7, 11) is -3.73. The number of aliphatic hydroxyl groups excluding tert-OH is 1. The van der Waals surface area contributed by atoms with Crippen LogP contribution in [-0.2, 0) is 10.0 Å². The average Bonchev–Trinajstić information content (AvgIpc) is 3.72. The first-order valence-electron chi connectivity index (χ1n) is 14.4. The minimum atomic E-state index is -3.73. The average molecular weight is 601 g/mol. The molecule has 11 heteroatoms. The van der Waals surface area contributed by atoms with Gasteiger partial charge in [-0.25, -0.2) is 21.6 Å². The molecule has 0 unspecified atom stereocenters. The Hall–Kier alpha value is -3.31. The summed E-state index contributed by atoms with van der Waals surface area (Å²) in [5.41, 5.74) is 3.69. The number of nitrogens with one attached hydrogen (secondary N) is 1. The number of rotatable bonds is 8. The molecule has 42 heavy (non-hydrogen) atoms. The maximum atomic E-state index is 16.1. The predicted molar refractivity (Wildman–Crippen MR) is 161 cm³/mol. The number of alkyl halides is 2. The largest absolute Gasteiger partial charge is 0.395 e. The van der Waals surface area contributed by atoms with E-state index in [9.17, 15) is 17.2 Å². The van der Waals surface area contributed by atoms with Crippen molar-refractivity contribution in [3.05, 3.63) is 59.8 Å². The molecule has 1 aliphatic carbocycles. The highest BCUT2D eigenvalue weighted by atomic mass is 32.2. The van der Waals surface area contributed by atoms with Crippen molar-refractivity contribution in [3.8, 4) is 0 Å². The standard InChI is InChI=1S/C31H35F3N4O3S/c32-26(24-18-23-2-1-11-35-29(23)28(20-24)38-14-9-31(33,34)10-15-38)19-22-3-4-25(36-42(40,41)17-16-39)21-27(22)37-12-7-30(5-6-30)8-13-37/h1-4,11,18-21,36,39H,5-10,12-17H2. The van der Waals surface area contributed by atoms with Crippen molar-refractivity contribution >= 4 is 49.9 Å². The fourth-order valence-corrected chi connectivity index (χ4v) is 6.93. The number of benzene rings is 2. The zero-order valence-electron chi connectivity index (χ0n) is 23.3. The Kier molecular flexibility index (Phi) is 7.59. The molecular weight excluding hydrogens is 565 g/mol. The fraction of sp³-hybridized carbons (Fsp3) is 0.452. The van der Waals surface area contributed by atoms with Crippen LogP contribution in [0.2, 0.25) is 0 Å². The molecule has 2 aliphatic heterocycles. The molecule has 2 N–H and O–H groups in total. The van der Waals surface area contributed by atoms with Gasteiger partial charge in [0.2, 0.25) is 10.0 Å². The molecule has 1 spiro atoms. The molecule has 3 aromatic rings. The summed E-state index contributed by atoms with van der Waals surface area (Å²) in [5.74, 6) is -3.61. The van der Waals surface area contributed by atoms with Crippen LogP contribution in [0, 0.1) is 5.41 Å². The summed E-state index contributed by atoms with van der Waals surface area (Å²) in [6.07, 6.45) is 7.10. The Bertz CT molecular complexity index is 1600. The molecule has 2 saturated heterocycles. The Morgan fingerprint density at radius 3 is 2.33 bits per heavy atom. The van der Waals surface area contributed by atoms with Gasteiger partial charge in [0.05, 0.1) is 29.3 Å². The highest BCUT2D eigenvalue weighted by Gasteiger charge is 2.44. The molecule has 0 atom stereocenters. The van der Waals surface area contributed by atoms with Gasteiger partial charge in [-0.05, 0) is 67.5 Å². The number of hydrogen-bond acceptors (Lipinski definition) is 6. The van der Waals surface area contributed by atoms with Crippen LogP contribution in [0.1, 0.15) is 49.7 Å². The van der Waals surface area contributed by atoms with Gasteiger partial charge in [-0.1, -0.05) is 12.1 Å². The first-order valence-corrected chi connectivity index (χ1v) is 16.1. The van der Waals surface area contributed by atoms with Gasteiger partial charge >= 0.3 is 0 Å². The number of piperidine rings is 2. The van der Waals surface area contributed by atoms with Gasteiger partial charge in [0.15, 0.2) is 0 Å². The van der Waals surface area contributed by atoms with E-state index in [4.69, 9.17) is 5.11 Å². The van der Waals surface area contributed by atoms with Crippen molar-refractivity contribution in [2.24, 2.45) is 5.41 Å². The zero-order valence-corrected chi connectivity index (χ0v) is 24.1. The molecule has 7 nitrogen and oxygen atoms in total. The highest BCUT2D eigenvalue weighted by Crippen LogP contribution is 2.54. The molecular formula is C31H35F3N4O3S. The van der Waals surface area contributed by atoms with Crippen LogP contribution in [0.3, 0.4) is 0 Å². The Morgan fingerprint density at radius 2 is 1.64 bits per heavy atom. The molecule has 3 aliphatic rings. The summed E-state index contributed by atoms with van der Waals surface area (Å²) < 4.78 is 71.1. The van der Waals surface area contributed by atoms with Crippen molar-refractivity contribution in [2.45, 2.75) is 44.4 Å². The Balaban J connectivity index is 1.36. The maximum absolute atomic E-state index is 16.1. The lowest BCUT2D eigenvalue weighted by molar-refractivity contribution is -0.0220. The molecule has 3 fully saturated rings. The third-order valence-corrected chi connectivity index (χ3v) is 10.1. The minimum Gasteiger partial charge on any atom is -0.395 e. The van der Waals surface area contributed by atoms with Crippen molar-refractivity contribution in [2.75, 3.05) is 53.1 Å². The monoisotopic (exact) mass is 600 g/mol. The molecule has 0 bridgehead atoms. The number of aliphatic hydroxyl groups is 1. The third-order valence-electron chi connectivity index (χ3n) is 8.86. The second-order valence-electron chi connectivity index (χ2n) is 11.8. The van der Waals surface area contributed by atoms with E-state index in [1.807, 2.05) is 11.0 Å². The van der Waals surface area contributed by atoms with E-state index < -0.39 is 34.1 Å². The summed E-state index contributed by atoms with van der Waals surface area (Å²) in [4.78, 5) is 8.50. The first kappa shape index (κ1) is 28.8. The smallest absolute Gasteiger partial charge is 0.251 e. The van der Waals surface area contributed by atoms with E-state index in [-0.39, 0.29) is 25.9 Å².